The summed E-state index contributed by atoms with van der Waals surface area (Å²) in [5.74, 6) is -1.64. The summed E-state index contributed by atoms with van der Waals surface area (Å²) in [6.07, 6.45) is 2.40. The maximum Gasteiger partial charge on any atom is 0.328 e. The molecule has 2 N–H and O–H groups in total. The molecule has 20 heavy (non-hydrogen) atoms. The number of aromatic nitrogens is 1. The molecule has 1 aromatic heterocycles. The van der Waals surface area contributed by atoms with Crippen LogP contribution in [0.15, 0.2) is 48.8 Å². The van der Waals surface area contributed by atoms with Crippen molar-refractivity contribution in [2.24, 2.45) is 0 Å². The maximum absolute atomic E-state index is 13.2. The molecule has 4 nitrogen and oxygen atoms in total. The van der Waals surface area contributed by atoms with Gasteiger partial charge in [0.05, 0.1) is 6.20 Å². The Labute approximate surface area is 116 Å². The fraction of sp³-hybridized carbons (Fsp3) is 0.200. The first-order valence-electron chi connectivity index (χ1n) is 6.16. The summed E-state index contributed by atoms with van der Waals surface area (Å²) < 4.78 is 13.2. The number of hydrogen-bond donors (Lipinski definition) is 2. The number of nitrogens with one attached hydrogen (secondary N) is 1. The maximum atomic E-state index is 13.2. The van der Waals surface area contributed by atoms with Gasteiger partial charge < -0.3 is 5.11 Å². The van der Waals surface area contributed by atoms with Crippen molar-refractivity contribution in [3.63, 3.8) is 0 Å². The molecule has 1 atom stereocenters. The van der Waals surface area contributed by atoms with Crippen molar-refractivity contribution in [1.82, 2.24) is 10.3 Å². The first-order valence-corrected chi connectivity index (χ1v) is 6.16. The summed E-state index contributed by atoms with van der Waals surface area (Å²) >= 11 is 0. The predicted octanol–water partition coefficient (Wildman–Crippen LogP) is 2.31. The van der Waals surface area contributed by atoms with E-state index in [-0.39, 0.29) is 5.56 Å². The minimum atomic E-state index is -1.40. The fourth-order valence-electron chi connectivity index (χ4n) is 1.86. The minimum absolute atomic E-state index is 0.279. The normalized spacial score (nSPS) is 13.7. The molecule has 104 valence electrons. The van der Waals surface area contributed by atoms with Gasteiger partial charge >= 0.3 is 5.97 Å². The summed E-state index contributed by atoms with van der Waals surface area (Å²) in [5, 5.41) is 12.4. The van der Waals surface area contributed by atoms with Crippen LogP contribution in [0.2, 0.25) is 0 Å². The first kappa shape index (κ1) is 14.1. The number of pyridine rings is 1. The van der Waals surface area contributed by atoms with Crippen LogP contribution in [-0.4, -0.2) is 16.1 Å². The summed E-state index contributed by atoms with van der Waals surface area (Å²) in [7, 11) is 0. The zero-order chi connectivity index (χ0) is 14.6. The van der Waals surface area contributed by atoms with Crippen molar-refractivity contribution in [1.29, 1.82) is 0 Å². The van der Waals surface area contributed by atoms with Gasteiger partial charge in [0.25, 0.3) is 0 Å². The summed E-state index contributed by atoms with van der Waals surface area (Å²) in [4.78, 5) is 15.3. The lowest BCUT2D eigenvalue weighted by atomic mass is 9.93. The number of halogens is 1. The van der Waals surface area contributed by atoms with Crippen LogP contribution in [0, 0.1) is 5.82 Å². The molecule has 0 aliphatic carbocycles. The average Bonchev–Trinajstić information content (AvgIpc) is 2.45. The average molecular weight is 274 g/mol. The molecule has 1 aromatic carbocycles. The van der Waals surface area contributed by atoms with Gasteiger partial charge in [-0.25, -0.2) is 9.18 Å². The monoisotopic (exact) mass is 274 g/mol. The number of carboxylic acid groups (broad SMARTS) is 1. The molecule has 2 rings (SSSR count). The molecule has 0 saturated heterocycles. The molecule has 2 aromatic rings. The third-order valence-electron chi connectivity index (χ3n) is 3.20. The summed E-state index contributed by atoms with van der Waals surface area (Å²) in [5.41, 5.74) is -0.171. The molecule has 1 unspecified atom stereocenters. The van der Waals surface area contributed by atoms with Crippen molar-refractivity contribution >= 4 is 5.97 Å². The van der Waals surface area contributed by atoms with Gasteiger partial charge in [-0.15, -0.1) is 0 Å². The molecule has 1 heterocycles. The molecule has 0 bridgehead atoms. The van der Waals surface area contributed by atoms with Crippen LogP contribution in [0.25, 0.3) is 0 Å². The quantitative estimate of drug-likeness (QED) is 0.878. The Kier molecular flexibility index (Phi) is 4.10. The lowest BCUT2D eigenvalue weighted by molar-refractivity contribution is -0.144. The number of hydrogen-bond acceptors (Lipinski definition) is 3. The van der Waals surface area contributed by atoms with Crippen LogP contribution in [0.4, 0.5) is 4.39 Å². The highest BCUT2D eigenvalue weighted by Gasteiger charge is 2.35. The van der Waals surface area contributed by atoms with Crippen molar-refractivity contribution in [2.45, 2.75) is 19.0 Å². The molecule has 5 heteroatoms. The second-order valence-electron chi connectivity index (χ2n) is 4.66. The highest BCUT2D eigenvalue weighted by Crippen LogP contribution is 2.21. The standard InChI is InChI=1S/C15H15FN2O2/c1-15(14(19)20,12-7-13(16)10-17-9-12)18-8-11-5-3-2-4-6-11/h2-7,9-10,18H,8H2,1H3,(H,19,20). The SMILES string of the molecule is CC(NCc1ccccc1)(C(=O)O)c1cncc(F)c1. The van der Waals surface area contributed by atoms with Crippen molar-refractivity contribution in [3.8, 4) is 0 Å². The fourth-order valence-corrected chi connectivity index (χ4v) is 1.86. The number of carbonyl (C=O) groups is 1. The molecule has 0 aliphatic rings. The number of aliphatic carboxylic acids is 1. The molecular weight excluding hydrogens is 259 g/mol. The Morgan fingerprint density at radius 2 is 2.05 bits per heavy atom. The molecule has 0 radical (unpaired) electrons. The second kappa shape index (κ2) is 5.79. The highest BCUT2D eigenvalue weighted by atomic mass is 19.1. The zero-order valence-corrected chi connectivity index (χ0v) is 11.0. The van der Waals surface area contributed by atoms with Gasteiger partial charge in [0.15, 0.2) is 0 Å². The smallest absolute Gasteiger partial charge is 0.328 e. The highest BCUT2D eigenvalue weighted by molar-refractivity contribution is 5.80. The number of rotatable bonds is 5. The number of carboxylic acids is 1. The van der Waals surface area contributed by atoms with E-state index in [1.54, 1.807) is 0 Å². The van der Waals surface area contributed by atoms with E-state index in [1.807, 2.05) is 30.3 Å². The van der Waals surface area contributed by atoms with E-state index in [0.29, 0.717) is 6.54 Å². The van der Waals surface area contributed by atoms with E-state index in [9.17, 15) is 14.3 Å². The van der Waals surface area contributed by atoms with E-state index in [2.05, 4.69) is 10.3 Å². The van der Waals surface area contributed by atoms with Crippen LogP contribution >= 0.6 is 0 Å². The number of benzene rings is 1. The molecule has 0 amide bonds. The Morgan fingerprint density at radius 1 is 1.35 bits per heavy atom. The van der Waals surface area contributed by atoms with Gasteiger partial charge in [0.1, 0.15) is 11.4 Å². The van der Waals surface area contributed by atoms with Gasteiger partial charge in [-0.2, -0.15) is 0 Å². The van der Waals surface area contributed by atoms with E-state index >= 15 is 0 Å². The van der Waals surface area contributed by atoms with E-state index < -0.39 is 17.3 Å². The zero-order valence-electron chi connectivity index (χ0n) is 11.0. The lowest BCUT2D eigenvalue weighted by Crippen LogP contribution is -2.46. The van der Waals surface area contributed by atoms with E-state index in [1.165, 1.54) is 19.2 Å². The van der Waals surface area contributed by atoms with Crippen molar-refractivity contribution in [3.05, 3.63) is 65.7 Å². The summed E-state index contributed by atoms with van der Waals surface area (Å²) in [6.45, 7) is 1.86. The molecule has 0 aliphatic heterocycles. The lowest BCUT2D eigenvalue weighted by Gasteiger charge is -2.26. The Morgan fingerprint density at radius 3 is 2.65 bits per heavy atom. The van der Waals surface area contributed by atoms with Gasteiger partial charge in [0.2, 0.25) is 0 Å². The van der Waals surface area contributed by atoms with Crippen molar-refractivity contribution < 1.29 is 14.3 Å². The summed E-state index contributed by atoms with van der Waals surface area (Å²) in [6, 6.07) is 10.6. The Balaban J connectivity index is 2.24. The van der Waals surface area contributed by atoms with Crippen LogP contribution in [0.1, 0.15) is 18.1 Å². The minimum Gasteiger partial charge on any atom is -0.480 e. The number of nitrogens with zero attached hydrogens (tertiary/aromatic N) is 1. The largest absolute Gasteiger partial charge is 0.480 e. The topological polar surface area (TPSA) is 62.2 Å². The van der Waals surface area contributed by atoms with Gasteiger partial charge in [-0.3, -0.25) is 10.3 Å². The Bertz CT molecular complexity index is 604. The van der Waals surface area contributed by atoms with Gasteiger partial charge in [0, 0.05) is 18.3 Å². The van der Waals surface area contributed by atoms with E-state index in [0.717, 1.165) is 11.8 Å². The van der Waals surface area contributed by atoms with Gasteiger partial charge in [-0.05, 0) is 18.6 Å². The third-order valence-corrected chi connectivity index (χ3v) is 3.20. The third kappa shape index (κ3) is 3.00. The predicted molar refractivity (Wildman–Crippen MR) is 72.5 cm³/mol. The molecule has 0 fully saturated rings. The van der Waals surface area contributed by atoms with E-state index in [4.69, 9.17) is 0 Å². The van der Waals surface area contributed by atoms with Crippen LogP contribution < -0.4 is 5.32 Å². The van der Waals surface area contributed by atoms with Gasteiger partial charge in [-0.1, -0.05) is 30.3 Å². The Hall–Kier alpha value is -2.27. The van der Waals surface area contributed by atoms with Crippen LogP contribution in [0.5, 0.6) is 0 Å². The first-order chi connectivity index (χ1) is 9.52. The molecule has 0 saturated carbocycles. The second-order valence-corrected chi connectivity index (χ2v) is 4.66. The van der Waals surface area contributed by atoms with Crippen molar-refractivity contribution in [2.75, 3.05) is 0 Å². The molecular formula is C15H15FN2O2. The van der Waals surface area contributed by atoms with Crippen LogP contribution in [-0.2, 0) is 16.9 Å². The van der Waals surface area contributed by atoms with Crippen LogP contribution in [0.3, 0.4) is 0 Å². The molecule has 0 spiro atoms.